The molecule has 0 aliphatic heterocycles. The highest BCUT2D eigenvalue weighted by Crippen LogP contribution is 2.20. The van der Waals surface area contributed by atoms with Gasteiger partial charge in [0.15, 0.2) is 0 Å². The zero-order chi connectivity index (χ0) is 10.8. The van der Waals surface area contributed by atoms with Crippen LogP contribution in [0.4, 0.5) is 5.69 Å². The maximum absolute atomic E-state index is 10.8. The maximum atomic E-state index is 10.8. The number of carbonyl (C=O) groups is 1. The van der Waals surface area contributed by atoms with E-state index >= 15 is 0 Å². The van der Waals surface area contributed by atoms with E-state index in [0.717, 1.165) is 0 Å². The van der Waals surface area contributed by atoms with Crippen LogP contribution in [-0.2, 0) is 0 Å². The van der Waals surface area contributed by atoms with Gasteiger partial charge in [-0.1, -0.05) is 6.07 Å². The number of hydrogen-bond acceptors (Lipinski definition) is 3. The van der Waals surface area contributed by atoms with Crippen molar-refractivity contribution in [3.8, 4) is 5.69 Å². The third kappa shape index (κ3) is 1.54. The summed E-state index contributed by atoms with van der Waals surface area (Å²) in [5.41, 5.74) is 6.61. The lowest BCUT2D eigenvalue weighted by Gasteiger charge is -2.07. The van der Waals surface area contributed by atoms with E-state index in [0.29, 0.717) is 5.69 Å². The molecule has 0 spiro atoms. The summed E-state index contributed by atoms with van der Waals surface area (Å²) in [4.78, 5) is 10.8. The van der Waals surface area contributed by atoms with Crippen molar-refractivity contribution in [2.24, 2.45) is 0 Å². The molecule has 1 aromatic heterocycles. The third-order valence-electron chi connectivity index (χ3n) is 2.06. The first-order valence-electron chi connectivity index (χ1n) is 4.32. The van der Waals surface area contributed by atoms with Crippen molar-refractivity contribution in [1.82, 2.24) is 9.78 Å². The highest BCUT2D eigenvalue weighted by Gasteiger charge is 2.11. The zero-order valence-corrected chi connectivity index (χ0v) is 7.79. The summed E-state index contributed by atoms with van der Waals surface area (Å²) in [5.74, 6) is -1.04. The van der Waals surface area contributed by atoms with Crippen LogP contribution < -0.4 is 5.73 Å². The summed E-state index contributed by atoms with van der Waals surface area (Å²) >= 11 is 0. The Bertz CT molecular complexity index is 491. The molecular formula is C10H9N3O2. The second kappa shape index (κ2) is 3.45. The van der Waals surface area contributed by atoms with E-state index in [4.69, 9.17) is 10.8 Å². The molecule has 0 radical (unpaired) electrons. The molecule has 0 aliphatic carbocycles. The minimum absolute atomic E-state index is 0.0861. The van der Waals surface area contributed by atoms with E-state index in [1.807, 2.05) is 0 Å². The summed E-state index contributed by atoms with van der Waals surface area (Å²) in [6.07, 6.45) is 3.31. The standard InChI is InChI=1S/C10H9N3O2/c11-9-7(10(14)15)3-1-4-8(9)13-6-2-5-12-13/h1-6H,11H2,(H,14,15). The van der Waals surface area contributed by atoms with E-state index in [2.05, 4.69) is 5.10 Å². The second-order valence-electron chi connectivity index (χ2n) is 2.99. The van der Waals surface area contributed by atoms with Crippen LogP contribution in [0.15, 0.2) is 36.7 Å². The second-order valence-corrected chi connectivity index (χ2v) is 2.99. The molecule has 3 N–H and O–H groups in total. The SMILES string of the molecule is Nc1c(C(=O)O)cccc1-n1cccn1. The van der Waals surface area contributed by atoms with Crippen LogP contribution in [0.3, 0.4) is 0 Å². The lowest BCUT2D eigenvalue weighted by molar-refractivity contribution is 0.0698. The first-order chi connectivity index (χ1) is 7.20. The van der Waals surface area contributed by atoms with E-state index in [-0.39, 0.29) is 11.3 Å². The summed E-state index contributed by atoms with van der Waals surface area (Å²) in [5, 5.41) is 12.9. The lowest BCUT2D eigenvalue weighted by atomic mass is 10.1. The highest BCUT2D eigenvalue weighted by atomic mass is 16.4. The molecule has 0 saturated carbocycles. The molecule has 0 aliphatic rings. The normalized spacial score (nSPS) is 10.1. The van der Waals surface area contributed by atoms with E-state index in [1.165, 1.54) is 10.7 Å². The number of aromatic carboxylic acids is 1. The third-order valence-corrected chi connectivity index (χ3v) is 2.06. The molecule has 2 aromatic rings. The molecule has 0 amide bonds. The first-order valence-corrected chi connectivity index (χ1v) is 4.32. The van der Waals surface area contributed by atoms with Crippen molar-refractivity contribution in [2.75, 3.05) is 5.73 Å². The van der Waals surface area contributed by atoms with Gasteiger partial charge in [0.1, 0.15) is 0 Å². The van der Waals surface area contributed by atoms with Gasteiger partial charge in [-0.25, -0.2) is 9.48 Å². The average Bonchev–Trinajstić information content (AvgIpc) is 2.70. The van der Waals surface area contributed by atoms with Gasteiger partial charge in [-0.3, -0.25) is 0 Å². The van der Waals surface area contributed by atoms with Gasteiger partial charge in [-0.05, 0) is 18.2 Å². The molecule has 0 bridgehead atoms. The van der Waals surface area contributed by atoms with Gasteiger partial charge in [0.25, 0.3) is 0 Å². The number of carboxylic acid groups (broad SMARTS) is 1. The Balaban J connectivity index is 2.59. The van der Waals surface area contributed by atoms with Crippen molar-refractivity contribution >= 4 is 11.7 Å². The van der Waals surface area contributed by atoms with Gasteiger partial charge < -0.3 is 10.8 Å². The largest absolute Gasteiger partial charge is 0.478 e. The molecule has 0 saturated heterocycles. The van der Waals surface area contributed by atoms with Gasteiger partial charge in [0, 0.05) is 12.4 Å². The number of hydrogen-bond donors (Lipinski definition) is 2. The summed E-state index contributed by atoms with van der Waals surface area (Å²) in [7, 11) is 0. The number of benzene rings is 1. The van der Waals surface area contributed by atoms with Gasteiger partial charge >= 0.3 is 5.97 Å². The molecule has 0 atom stereocenters. The van der Waals surface area contributed by atoms with Crippen molar-refractivity contribution in [3.05, 3.63) is 42.2 Å². The Labute approximate surface area is 85.8 Å². The minimum Gasteiger partial charge on any atom is -0.478 e. The average molecular weight is 203 g/mol. The van der Waals surface area contributed by atoms with Crippen molar-refractivity contribution in [3.63, 3.8) is 0 Å². The number of aromatic nitrogens is 2. The molecule has 15 heavy (non-hydrogen) atoms. The van der Waals surface area contributed by atoms with E-state index in [9.17, 15) is 4.79 Å². The monoisotopic (exact) mass is 203 g/mol. The van der Waals surface area contributed by atoms with Crippen LogP contribution in [0.2, 0.25) is 0 Å². The molecule has 0 fully saturated rings. The number of anilines is 1. The van der Waals surface area contributed by atoms with E-state index < -0.39 is 5.97 Å². The topological polar surface area (TPSA) is 81.1 Å². The van der Waals surface area contributed by atoms with Crippen molar-refractivity contribution in [2.45, 2.75) is 0 Å². The Kier molecular flexibility index (Phi) is 2.13. The van der Waals surface area contributed by atoms with Gasteiger partial charge in [-0.15, -0.1) is 0 Å². The van der Waals surface area contributed by atoms with Crippen LogP contribution in [0, 0.1) is 0 Å². The number of carboxylic acids is 1. The molecule has 0 unspecified atom stereocenters. The fraction of sp³-hybridized carbons (Fsp3) is 0. The predicted molar refractivity (Wildman–Crippen MR) is 54.9 cm³/mol. The fourth-order valence-electron chi connectivity index (χ4n) is 1.35. The quantitative estimate of drug-likeness (QED) is 0.717. The maximum Gasteiger partial charge on any atom is 0.337 e. The highest BCUT2D eigenvalue weighted by molar-refractivity contribution is 5.95. The number of nitrogens with two attached hydrogens (primary N) is 1. The zero-order valence-electron chi connectivity index (χ0n) is 7.79. The van der Waals surface area contributed by atoms with Gasteiger partial charge in [-0.2, -0.15) is 5.10 Å². The van der Waals surface area contributed by atoms with Crippen LogP contribution in [0.25, 0.3) is 5.69 Å². The number of nitrogen functional groups attached to an aromatic ring is 1. The van der Waals surface area contributed by atoms with Gasteiger partial charge in [0.2, 0.25) is 0 Å². The summed E-state index contributed by atoms with van der Waals surface area (Å²) in [6, 6.07) is 6.56. The van der Waals surface area contributed by atoms with Crippen LogP contribution >= 0.6 is 0 Å². The Morgan fingerprint density at radius 3 is 2.80 bits per heavy atom. The van der Waals surface area contributed by atoms with Crippen molar-refractivity contribution < 1.29 is 9.90 Å². The molecule has 2 rings (SSSR count). The van der Waals surface area contributed by atoms with Crippen LogP contribution in [0.1, 0.15) is 10.4 Å². The number of nitrogens with zero attached hydrogens (tertiary/aromatic N) is 2. The van der Waals surface area contributed by atoms with Gasteiger partial charge in [0.05, 0.1) is 16.9 Å². The molecule has 5 nitrogen and oxygen atoms in total. The van der Waals surface area contributed by atoms with Crippen molar-refractivity contribution in [1.29, 1.82) is 0 Å². The summed E-state index contributed by atoms with van der Waals surface area (Å²) < 4.78 is 1.53. The molecule has 1 aromatic carbocycles. The molecule has 76 valence electrons. The summed E-state index contributed by atoms with van der Waals surface area (Å²) in [6.45, 7) is 0. The lowest BCUT2D eigenvalue weighted by Crippen LogP contribution is -2.07. The molecular weight excluding hydrogens is 194 g/mol. The smallest absolute Gasteiger partial charge is 0.337 e. The minimum atomic E-state index is -1.04. The Morgan fingerprint density at radius 1 is 1.40 bits per heavy atom. The Hall–Kier alpha value is -2.30. The Morgan fingerprint density at radius 2 is 2.20 bits per heavy atom. The predicted octanol–water partition coefficient (Wildman–Crippen LogP) is 1.15. The van der Waals surface area contributed by atoms with Crippen LogP contribution in [-0.4, -0.2) is 20.9 Å². The first kappa shape index (κ1) is 9.26. The van der Waals surface area contributed by atoms with E-state index in [1.54, 1.807) is 30.6 Å². The molecule has 5 heteroatoms. The van der Waals surface area contributed by atoms with Crippen LogP contribution in [0.5, 0.6) is 0 Å². The molecule has 1 heterocycles. The number of para-hydroxylation sites is 1. The fourth-order valence-corrected chi connectivity index (χ4v) is 1.35. The number of rotatable bonds is 2.